The van der Waals surface area contributed by atoms with Crippen molar-refractivity contribution in [1.29, 1.82) is 0 Å². The molecule has 1 fully saturated rings. The van der Waals surface area contributed by atoms with Crippen LogP contribution in [0.3, 0.4) is 0 Å². The first-order valence-electron chi connectivity index (χ1n) is 13.7. The van der Waals surface area contributed by atoms with Gasteiger partial charge >= 0.3 is 0 Å². The fourth-order valence-electron chi connectivity index (χ4n) is 5.03. The molecule has 228 valence electrons. The van der Waals surface area contributed by atoms with Crippen molar-refractivity contribution in [2.45, 2.75) is 44.1 Å². The lowest BCUT2D eigenvalue weighted by atomic mass is 9.82. The molecule has 0 aliphatic heterocycles. The summed E-state index contributed by atoms with van der Waals surface area (Å²) >= 11 is 0. The fraction of sp³-hybridized carbons (Fsp3) is 0.276. The molecule has 0 saturated heterocycles. The zero-order valence-electron chi connectivity index (χ0n) is 23.2. The molecule has 15 heteroatoms. The Bertz CT molecular complexity index is 1480. The van der Waals surface area contributed by atoms with Gasteiger partial charge in [0.2, 0.25) is 17.7 Å². The van der Waals surface area contributed by atoms with E-state index in [1.807, 2.05) is 0 Å². The highest BCUT2D eigenvalue weighted by Crippen LogP contribution is 2.31. The maximum absolute atomic E-state index is 13.9. The second-order valence-corrected chi connectivity index (χ2v) is 10.2. The first-order chi connectivity index (χ1) is 21.0. The number of rotatable bonds is 11. The summed E-state index contributed by atoms with van der Waals surface area (Å²) in [6.07, 6.45) is 4.19. The average molecular weight is 605 g/mol. The molecule has 44 heavy (non-hydrogen) atoms. The quantitative estimate of drug-likeness (QED) is 0.155. The predicted octanol–water partition coefficient (Wildman–Crippen LogP) is 4.84. The number of nitrogens with one attached hydrogen (secondary N) is 3. The third-order valence-corrected chi connectivity index (χ3v) is 7.29. The highest BCUT2D eigenvalue weighted by Gasteiger charge is 2.41. The number of hydrogen-bond acceptors (Lipinski definition) is 9. The molecule has 0 bridgehead atoms. The van der Waals surface area contributed by atoms with Gasteiger partial charge in [0.05, 0.1) is 20.7 Å². The standard InChI is InChI=1S/C29H28N6O9/c36-27(30-19-4-2-1-3-5-19)25(18-6-12-22(13-7-18)33(39)40)26(28(37)31-20-8-14-23(15-9-20)34(41)42)29(38)32-21-10-16-24(17-11-21)35(43)44/h6-17,19,25-26H,1-5H2,(H,30,36)(H,31,37)(H,32,38). The summed E-state index contributed by atoms with van der Waals surface area (Å²) in [6, 6.07) is 14.4. The van der Waals surface area contributed by atoms with Gasteiger partial charge in [0.15, 0.2) is 0 Å². The molecule has 3 aromatic carbocycles. The monoisotopic (exact) mass is 604 g/mol. The largest absolute Gasteiger partial charge is 0.353 e. The number of amides is 3. The minimum absolute atomic E-state index is 0.115. The molecule has 1 aliphatic rings. The number of hydrogen-bond donors (Lipinski definition) is 3. The van der Waals surface area contributed by atoms with E-state index < -0.39 is 44.3 Å². The van der Waals surface area contributed by atoms with Gasteiger partial charge in [0.1, 0.15) is 5.92 Å². The molecule has 4 rings (SSSR count). The van der Waals surface area contributed by atoms with E-state index in [1.54, 1.807) is 0 Å². The van der Waals surface area contributed by atoms with Crippen molar-refractivity contribution in [1.82, 2.24) is 5.32 Å². The van der Waals surface area contributed by atoms with E-state index in [0.717, 1.165) is 55.7 Å². The van der Waals surface area contributed by atoms with Crippen molar-refractivity contribution in [3.05, 3.63) is 109 Å². The Morgan fingerprint density at radius 1 is 0.591 bits per heavy atom. The van der Waals surface area contributed by atoms with Gasteiger partial charge in [-0.25, -0.2) is 0 Å². The van der Waals surface area contributed by atoms with Crippen LogP contribution < -0.4 is 16.0 Å². The van der Waals surface area contributed by atoms with Crippen LogP contribution in [0.1, 0.15) is 43.6 Å². The first-order valence-corrected chi connectivity index (χ1v) is 13.7. The Labute approximate surface area is 250 Å². The summed E-state index contributed by atoms with van der Waals surface area (Å²) in [5.74, 6) is -5.70. The van der Waals surface area contributed by atoms with Crippen LogP contribution in [0.25, 0.3) is 0 Å². The number of nitro groups is 3. The smallest absolute Gasteiger partial charge is 0.269 e. The SMILES string of the molecule is O=C(Nc1ccc([N+](=O)[O-])cc1)C(C(=O)Nc1ccc([N+](=O)[O-])cc1)C(C(=O)NC1CCCCC1)c1ccc([N+](=O)[O-])cc1. The van der Waals surface area contributed by atoms with Crippen molar-refractivity contribution < 1.29 is 29.2 Å². The molecule has 0 aromatic heterocycles. The maximum Gasteiger partial charge on any atom is 0.269 e. The molecule has 1 saturated carbocycles. The van der Waals surface area contributed by atoms with Gasteiger partial charge in [-0.15, -0.1) is 0 Å². The Morgan fingerprint density at radius 3 is 1.36 bits per heavy atom. The number of anilines is 2. The van der Waals surface area contributed by atoms with E-state index in [9.17, 15) is 44.7 Å². The highest BCUT2D eigenvalue weighted by molar-refractivity contribution is 6.14. The summed E-state index contributed by atoms with van der Waals surface area (Å²) < 4.78 is 0. The molecule has 1 atom stereocenters. The zero-order chi connectivity index (χ0) is 31.8. The van der Waals surface area contributed by atoms with E-state index in [1.165, 1.54) is 36.4 Å². The van der Waals surface area contributed by atoms with E-state index in [0.29, 0.717) is 12.8 Å². The number of nitro benzene ring substituents is 3. The Kier molecular flexibility index (Phi) is 9.90. The van der Waals surface area contributed by atoms with Gasteiger partial charge in [-0.3, -0.25) is 44.7 Å². The van der Waals surface area contributed by atoms with E-state index in [2.05, 4.69) is 16.0 Å². The summed E-state index contributed by atoms with van der Waals surface area (Å²) in [5, 5.41) is 41.4. The second-order valence-electron chi connectivity index (χ2n) is 10.2. The lowest BCUT2D eigenvalue weighted by molar-refractivity contribution is -0.385. The summed E-state index contributed by atoms with van der Waals surface area (Å²) in [7, 11) is 0. The Balaban J connectivity index is 1.73. The fourth-order valence-corrected chi connectivity index (χ4v) is 5.03. The molecule has 0 spiro atoms. The third kappa shape index (κ3) is 7.76. The van der Waals surface area contributed by atoms with Crippen molar-refractivity contribution in [3.63, 3.8) is 0 Å². The van der Waals surface area contributed by atoms with Crippen molar-refractivity contribution >= 4 is 46.2 Å². The summed E-state index contributed by atoms with van der Waals surface area (Å²) in [4.78, 5) is 73.0. The molecule has 1 aliphatic carbocycles. The van der Waals surface area contributed by atoms with E-state index >= 15 is 0 Å². The molecule has 3 aromatic rings. The van der Waals surface area contributed by atoms with Gasteiger partial charge in [-0.1, -0.05) is 31.4 Å². The minimum Gasteiger partial charge on any atom is -0.353 e. The zero-order valence-corrected chi connectivity index (χ0v) is 23.2. The first kappa shape index (κ1) is 31.2. The maximum atomic E-state index is 13.9. The lowest BCUT2D eigenvalue weighted by Gasteiger charge is -2.29. The number of benzene rings is 3. The molecule has 0 heterocycles. The van der Waals surface area contributed by atoms with Gasteiger partial charge in [0.25, 0.3) is 17.1 Å². The van der Waals surface area contributed by atoms with Gasteiger partial charge < -0.3 is 16.0 Å². The van der Waals surface area contributed by atoms with Crippen molar-refractivity contribution in [2.24, 2.45) is 5.92 Å². The molecule has 1 unspecified atom stereocenters. The minimum atomic E-state index is -1.74. The predicted molar refractivity (Wildman–Crippen MR) is 158 cm³/mol. The number of nitrogens with zero attached hydrogens (tertiary/aromatic N) is 3. The molecule has 3 amide bonds. The van der Waals surface area contributed by atoms with Gasteiger partial charge in [-0.05, 0) is 42.7 Å². The van der Waals surface area contributed by atoms with Crippen LogP contribution in [-0.4, -0.2) is 38.5 Å². The molecular formula is C29H28N6O9. The molecule has 3 N–H and O–H groups in total. The van der Waals surface area contributed by atoms with Crippen molar-refractivity contribution in [3.8, 4) is 0 Å². The van der Waals surface area contributed by atoms with E-state index in [-0.39, 0.29) is 40.0 Å². The summed E-state index contributed by atoms with van der Waals surface area (Å²) in [5.41, 5.74) is -0.334. The molecular weight excluding hydrogens is 576 g/mol. The van der Waals surface area contributed by atoms with Gasteiger partial charge in [0, 0.05) is 53.8 Å². The Morgan fingerprint density at radius 2 is 0.977 bits per heavy atom. The van der Waals surface area contributed by atoms with Gasteiger partial charge in [-0.2, -0.15) is 0 Å². The van der Waals surface area contributed by atoms with Crippen LogP contribution in [0.2, 0.25) is 0 Å². The van der Waals surface area contributed by atoms with Crippen LogP contribution in [0.5, 0.6) is 0 Å². The number of carbonyl (C=O) groups excluding carboxylic acids is 3. The number of carbonyl (C=O) groups is 3. The molecule has 15 nitrogen and oxygen atoms in total. The topological polar surface area (TPSA) is 217 Å². The van der Waals surface area contributed by atoms with E-state index in [4.69, 9.17) is 0 Å². The second kappa shape index (κ2) is 14.0. The van der Waals surface area contributed by atoms with Crippen LogP contribution in [0, 0.1) is 36.3 Å². The van der Waals surface area contributed by atoms with Crippen LogP contribution in [0.4, 0.5) is 28.4 Å². The Hall–Kier alpha value is -5.73. The normalized spacial score (nSPS) is 13.8. The van der Waals surface area contributed by atoms with Crippen molar-refractivity contribution in [2.75, 3.05) is 10.6 Å². The average Bonchev–Trinajstić information content (AvgIpc) is 3.00. The van der Waals surface area contributed by atoms with Crippen LogP contribution in [0.15, 0.2) is 72.8 Å². The highest BCUT2D eigenvalue weighted by atomic mass is 16.6. The van der Waals surface area contributed by atoms with Crippen LogP contribution in [-0.2, 0) is 14.4 Å². The lowest BCUT2D eigenvalue weighted by Crippen LogP contribution is -2.47. The van der Waals surface area contributed by atoms with Crippen LogP contribution >= 0.6 is 0 Å². The third-order valence-electron chi connectivity index (χ3n) is 7.29. The molecule has 0 radical (unpaired) electrons. The summed E-state index contributed by atoms with van der Waals surface area (Å²) in [6.45, 7) is 0. The number of non-ortho nitro benzene ring substituents is 3.